The highest BCUT2D eigenvalue weighted by atomic mass is 16.3. The van der Waals surface area contributed by atoms with Gasteiger partial charge >= 0.3 is 0 Å². The highest BCUT2D eigenvalue weighted by Crippen LogP contribution is 2.46. The maximum absolute atomic E-state index is 9.31. The highest BCUT2D eigenvalue weighted by Gasteiger charge is 2.20. The van der Waals surface area contributed by atoms with E-state index < -0.39 is 222 Å². The molecule has 8 rings (SSSR count). The lowest BCUT2D eigenvalue weighted by Crippen LogP contribution is -1.90. The first-order chi connectivity index (χ1) is 29.3. The summed E-state index contributed by atoms with van der Waals surface area (Å²) in [7, 11) is 0. The van der Waals surface area contributed by atoms with Gasteiger partial charge in [0.25, 0.3) is 0 Å². The van der Waals surface area contributed by atoms with E-state index in [0.717, 1.165) is 0 Å². The molecular formula is C38H24O. The summed E-state index contributed by atoms with van der Waals surface area (Å²) in [6, 6.07) is -21.1. The van der Waals surface area contributed by atoms with Crippen molar-refractivity contribution >= 4 is 43.5 Å². The van der Waals surface area contributed by atoms with E-state index in [-0.39, 0.29) is 0 Å². The monoisotopic (exact) mass is 520 g/mol. The zero-order valence-electron chi connectivity index (χ0n) is 43.4. The Labute approximate surface area is 260 Å². The number of para-hydroxylation sites is 1. The Morgan fingerprint density at radius 2 is 0.923 bits per heavy atom. The molecule has 7 aromatic carbocycles. The SMILES string of the molecule is [2H]c1c([2H])c([2H])c(-c2c([2H])c([2H])c3c(oc4c(-c5c6c([2H])c([2H])c([2H])c([2H])c6c(-c6c([2H])c([2H])c([2H])c([2H])c6[2H])c6c([2H])c([2H])c([2H])c([2H])c56)c([2H])c([2H])c([2H])c43)c2[2H])c([2H])c1[2H]. The number of furan rings is 1. The van der Waals surface area contributed by atoms with Crippen LogP contribution in [0, 0.1) is 0 Å². The van der Waals surface area contributed by atoms with Gasteiger partial charge in [-0.1, -0.05) is 133 Å². The molecule has 1 aromatic heterocycles. The largest absolute Gasteiger partial charge is 0.455 e. The van der Waals surface area contributed by atoms with Crippen molar-refractivity contribution in [3.05, 3.63) is 145 Å². The third-order valence-corrected chi connectivity index (χ3v) is 6.19. The molecule has 0 fully saturated rings. The van der Waals surface area contributed by atoms with Gasteiger partial charge in [0.15, 0.2) is 0 Å². The molecule has 0 saturated heterocycles. The molecule has 182 valence electrons. The van der Waals surface area contributed by atoms with E-state index in [9.17, 15) is 8.22 Å². The van der Waals surface area contributed by atoms with Gasteiger partial charge in [-0.2, -0.15) is 0 Å². The van der Waals surface area contributed by atoms with Crippen molar-refractivity contribution in [2.45, 2.75) is 0 Å². The molecule has 0 aliphatic carbocycles. The fourth-order valence-electron chi connectivity index (χ4n) is 4.59. The molecular weight excluding hydrogens is 472 g/mol. The predicted octanol–water partition coefficient (Wildman–Crippen LogP) is 10.9. The Morgan fingerprint density at radius 3 is 1.56 bits per heavy atom. The second kappa shape index (κ2) is 8.72. The van der Waals surface area contributed by atoms with Crippen molar-refractivity contribution in [2.75, 3.05) is 0 Å². The first kappa shape index (κ1) is 8.69. The standard InChI is InChI=1S/C38H24O/c1-3-12-25(13-4-1)27-22-23-28-33-20-11-21-34(38(33)39-35(28)24-27)37-31-18-9-7-16-29(31)36(26-14-5-2-6-15-26)30-17-8-10-19-32(30)37/h1-24H/i1D,2D,3D,4D,5D,6D,7D,8D,9D,10D,11D,12D,13D,14D,15D,16D,17D,18D,19D,20D,21D,22D,23D,24D. The van der Waals surface area contributed by atoms with Crippen molar-refractivity contribution in [3.63, 3.8) is 0 Å². The zero-order chi connectivity index (χ0) is 46.6. The van der Waals surface area contributed by atoms with Crippen LogP contribution in [0.15, 0.2) is 149 Å². The molecule has 0 radical (unpaired) electrons. The Hall–Kier alpha value is -5.14. The number of hydrogen-bond donors (Lipinski definition) is 0. The molecule has 1 nitrogen and oxygen atoms in total. The van der Waals surface area contributed by atoms with E-state index in [1.807, 2.05) is 0 Å². The summed E-state index contributed by atoms with van der Waals surface area (Å²) in [6.45, 7) is 0. The number of benzene rings is 7. The van der Waals surface area contributed by atoms with Crippen LogP contribution in [0.2, 0.25) is 0 Å². The maximum atomic E-state index is 9.31. The summed E-state index contributed by atoms with van der Waals surface area (Å²) in [5.74, 6) is 0. The van der Waals surface area contributed by atoms with Crippen LogP contribution in [0.3, 0.4) is 0 Å². The summed E-state index contributed by atoms with van der Waals surface area (Å²) in [5.41, 5.74) is -5.25. The van der Waals surface area contributed by atoms with Crippen LogP contribution in [0.25, 0.3) is 76.9 Å². The fourth-order valence-corrected chi connectivity index (χ4v) is 4.59. The molecule has 0 aliphatic rings. The van der Waals surface area contributed by atoms with Crippen molar-refractivity contribution in [1.82, 2.24) is 0 Å². The van der Waals surface area contributed by atoms with E-state index in [0.29, 0.717) is 0 Å². The summed E-state index contributed by atoms with van der Waals surface area (Å²) in [6.07, 6.45) is 0. The van der Waals surface area contributed by atoms with Crippen LogP contribution < -0.4 is 0 Å². The van der Waals surface area contributed by atoms with Crippen molar-refractivity contribution in [1.29, 1.82) is 0 Å². The van der Waals surface area contributed by atoms with Gasteiger partial charge in [-0.3, -0.25) is 0 Å². The molecule has 1 heteroatoms. The first-order valence-electron chi connectivity index (χ1n) is 23.4. The third-order valence-electron chi connectivity index (χ3n) is 6.19. The molecule has 0 bridgehead atoms. The summed E-state index contributed by atoms with van der Waals surface area (Å²) in [5, 5.41) is -3.59. The van der Waals surface area contributed by atoms with Gasteiger partial charge in [0.2, 0.25) is 0 Å². The van der Waals surface area contributed by atoms with Crippen LogP contribution in [-0.4, -0.2) is 0 Å². The first-order valence-corrected chi connectivity index (χ1v) is 11.4. The van der Waals surface area contributed by atoms with Gasteiger partial charge in [-0.25, -0.2) is 0 Å². The molecule has 0 spiro atoms. The Morgan fingerprint density at radius 1 is 0.385 bits per heavy atom. The fraction of sp³-hybridized carbons (Fsp3) is 0. The predicted molar refractivity (Wildman–Crippen MR) is 165 cm³/mol. The average Bonchev–Trinajstić information content (AvgIpc) is 3.66. The molecule has 8 aromatic rings. The lowest BCUT2D eigenvalue weighted by Gasteiger charge is -2.17. The molecule has 0 N–H and O–H groups in total. The van der Waals surface area contributed by atoms with Gasteiger partial charge in [0.05, 0.1) is 32.9 Å². The van der Waals surface area contributed by atoms with Crippen LogP contribution in [0.1, 0.15) is 32.9 Å². The second-order valence-corrected chi connectivity index (χ2v) is 8.26. The summed E-state index contributed by atoms with van der Waals surface area (Å²) >= 11 is 0. The van der Waals surface area contributed by atoms with Gasteiger partial charge in [0.1, 0.15) is 11.2 Å². The minimum atomic E-state index is -0.931. The minimum Gasteiger partial charge on any atom is -0.455 e. The second-order valence-electron chi connectivity index (χ2n) is 8.26. The smallest absolute Gasteiger partial charge is 0.143 e. The summed E-state index contributed by atoms with van der Waals surface area (Å²) in [4.78, 5) is 0. The normalized spacial score (nSPS) is 20.2. The average molecular weight is 521 g/mol. The molecule has 0 amide bonds. The van der Waals surface area contributed by atoms with Gasteiger partial charge in [0, 0.05) is 21.9 Å². The van der Waals surface area contributed by atoms with Gasteiger partial charge < -0.3 is 4.42 Å². The van der Waals surface area contributed by atoms with Gasteiger partial charge in [-0.05, 0) is 55.9 Å². The molecule has 1 heterocycles. The third kappa shape index (κ3) is 3.41. The van der Waals surface area contributed by atoms with E-state index >= 15 is 0 Å². The molecule has 0 saturated carbocycles. The van der Waals surface area contributed by atoms with E-state index in [4.69, 9.17) is 29.1 Å². The van der Waals surface area contributed by atoms with Crippen molar-refractivity contribution < 1.29 is 37.3 Å². The summed E-state index contributed by atoms with van der Waals surface area (Å²) < 4.78 is 217. The minimum absolute atomic E-state index is 0.496. The zero-order valence-corrected chi connectivity index (χ0v) is 19.4. The van der Waals surface area contributed by atoms with Crippen LogP contribution >= 0.6 is 0 Å². The molecule has 0 unspecified atom stereocenters. The number of rotatable bonds is 3. The van der Waals surface area contributed by atoms with Crippen LogP contribution in [-0.2, 0) is 0 Å². The van der Waals surface area contributed by atoms with E-state index in [1.54, 1.807) is 0 Å². The van der Waals surface area contributed by atoms with Gasteiger partial charge in [-0.15, -0.1) is 0 Å². The van der Waals surface area contributed by atoms with Crippen molar-refractivity contribution in [3.8, 4) is 33.4 Å². The Balaban J connectivity index is 1.72. The Kier molecular flexibility index (Phi) is 1.94. The number of hydrogen-bond acceptors (Lipinski definition) is 1. The molecule has 0 aliphatic heterocycles. The van der Waals surface area contributed by atoms with E-state index in [2.05, 4.69) is 0 Å². The number of fused-ring (bicyclic) bond motifs is 5. The van der Waals surface area contributed by atoms with E-state index in [1.165, 1.54) is 0 Å². The maximum Gasteiger partial charge on any atom is 0.143 e. The Bertz CT molecular complexity index is 3360. The van der Waals surface area contributed by atoms with Crippen molar-refractivity contribution in [2.24, 2.45) is 0 Å². The molecule has 39 heavy (non-hydrogen) atoms. The lowest BCUT2D eigenvalue weighted by molar-refractivity contribution is 0.670. The van der Waals surface area contributed by atoms with Crippen LogP contribution in [0.4, 0.5) is 0 Å². The topological polar surface area (TPSA) is 13.1 Å². The molecule has 0 atom stereocenters. The van der Waals surface area contributed by atoms with Crippen LogP contribution in [0.5, 0.6) is 0 Å². The lowest BCUT2D eigenvalue weighted by atomic mass is 9.85. The highest BCUT2D eigenvalue weighted by molar-refractivity contribution is 6.24. The quantitative estimate of drug-likeness (QED) is 0.211.